The number of carbonyl (C=O) groups excluding carboxylic acids is 1. The maximum Gasteiger partial charge on any atom is 0.316 e. The summed E-state index contributed by atoms with van der Waals surface area (Å²) in [5.74, 6) is -0.295. The molecule has 2 aromatic rings. The molecular formula is C17H19ClN4O5S. The molecule has 150 valence electrons. The first-order valence-corrected chi connectivity index (χ1v) is 10.3. The molecular weight excluding hydrogens is 408 g/mol. The molecule has 1 N–H and O–H groups in total. The van der Waals surface area contributed by atoms with Crippen molar-refractivity contribution >= 4 is 33.2 Å². The lowest BCUT2D eigenvalue weighted by Gasteiger charge is -2.31. The van der Waals surface area contributed by atoms with Gasteiger partial charge in [0.25, 0.3) is 0 Å². The van der Waals surface area contributed by atoms with Crippen LogP contribution in [0.5, 0.6) is 6.01 Å². The number of hydrogen-bond donors (Lipinski definition) is 1. The molecule has 1 aromatic heterocycles. The lowest BCUT2D eigenvalue weighted by atomic mass is 10.3. The number of ether oxygens (including phenoxy) is 2. The summed E-state index contributed by atoms with van der Waals surface area (Å²) in [5.41, 5.74) is 0.351. The van der Waals surface area contributed by atoms with Crippen LogP contribution in [0.1, 0.15) is 6.92 Å². The van der Waals surface area contributed by atoms with E-state index in [1.54, 1.807) is 18.5 Å². The smallest absolute Gasteiger partial charge is 0.316 e. The van der Waals surface area contributed by atoms with Crippen molar-refractivity contribution < 1.29 is 22.7 Å². The van der Waals surface area contributed by atoms with E-state index in [2.05, 4.69) is 15.3 Å². The molecule has 28 heavy (non-hydrogen) atoms. The van der Waals surface area contributed by atoms with Crippen molar-refractivity contribution in [3.63, 3.8) is 0 Å². The highest BCUT2D eigenvalue weighted by molar-refractivity contribution is 7.89. The molecule has 3 rings (SSSR count). The van der Waals surface area contributed by atoms with Crippen LogP contribution in [0, 0.1) is 0 Å². The van der Waals surface area contributed by atoms with Gasteiger partial charge in [-0.3, -0.25) is 4.79 Å². The molecule has 1 aliphatic heterocycles. The number of anilines is 1. The number of benzene rings is 1. The summed E-state index contributed by atoms with van der Waals surface area (Å²) in [6.45, 7) is 2.04. The number of amides is 1. The number of hydrogen-bond acceptors (Lipinski definition) is 7. The molecule has 1 saturated heterocycles. The van der Waals surface area contributed by atoms with Crippen LogP contribution in [0.2, 0.25) is 5.02 Å². The molecule has 2 heterocycles. The first-order valence-electron chi connectivity index (χ1n) is 8.45. The SMILES string of the molecule is CC(=O)Nc1ccc(S(=O)(=O)N2CCOC(COc3ncccn3)C2)cc1Cl. The topological polar surface area (TPSA) is 111 Å². The highest BCUT2D eigenvalue weighted by atomic mass is 35.5. The Kier molecular flexibility index (Phi) is 6.45. The second kappa shape index (κ2) is 8.82. The fourth-order valence-electron chi connectivity index (χ4n) is 2.64. The first-order chi connectivity index (χ1) is 13.4. The van der Waals surface area contributed by atoms with Crippen molar-refractivity contribution in [3.8, 4) is 6.01 Å². The van der Waals surface area contributed by atoms with Crippen LogP contribution in [0.15, 0.2) is 41.6 Å². The zero-order valence-corrected chi connectivity index (χ0v) is 16.6. The minimum atomic E-state index is -3.78. The molecule has 1 fully saturated rings. The van der Waals surface area contributed by atoms with E-state index in [1.165, 1.54) is 29.4 Å². The summed E-state index contributed by atoms with van der Waals surface area (Å²) in [4.78, 5) is 19.1. The van der Waals surface area contributed by atoms with E-state index >= 15 is 0 Å². The normalized spacial score (nSPS) is 17.9. The second-order valence-corrected chi connectivity index (χ2v) is 8.37. The zero-order valence-electron chi connectivity index (χ0n) is 15.0. The van der Waals surface area contributed by atoms with Gasteiger partial charge in [-0.1, -0.05) is 11.6 Å². The molecule has 1 amide bonds. The summed E-state index contributed by atoms with van der Waals surface area (Å²) in [7, 11) is -3.78. The van der Waals surface area contributed by atoms with Crippen LogP contribution in [0.4, 0.5) is 5.69 Å². The Balaban J connectivity index is 1.69. The molecule has 1 aromatic carbocycles. The number of nitrogens with zero attached hydrogens (tertiary/aromatic N) is 3. The monoisotopic (exact) mass is 426 g/mol. The maximum absolute atomic E-state index is 13.0. The van der Waals surface area contributed by atoms with E-state index in [9.17, 15) is 13.2 Å². The number of aromatic nitrogens is 2. The highest BCUT2D eigenvalue weighted by Crippen LogP contribution is 2.27. The third kappa shape index (κ3) is 4.96. The van der Waals surface area contributed by atoms with Crippen molar-refractivity contribution in [2.24, 2.45) is 0 Å². The Morgan fingerprint density at radius 1 is 1.39 bits per heavy atom. The Labute approximate surface area is 167 Å². The second-order valence-electron chi connectivity index (χ2n) is 6.02. The predicted octanol–water partition coefficient (Wildman–Crippen LogP) is 1.56. The zero-order chi connectivity index (χ0) is 20.1. The van der Waals surface area contributed by atoms with Crippen LogP contribution in [-0.2, 0) is 19.6 Å². The van der Waals surface area contributed by atoms with E-state index in [0.29, 0.717) is 5.69 Å². The summed E-state index contributed by atoms with van der Waals surface area (Å²) < 4.78 is 38.3. The molecule has 0 bridgehead atoms. The Morgan fingerprint density at radius 2 is 2.14 bits per heavy atom. The standard InChI is InChI=1S/C17H19ClN4O5S/c1-12(23)21-16-4-3-14(9-15(16)18)28(24,25)22-7-8-26-13(10-22)11-27-17-19-5-2-6-20-17/h2-6,9,13H,7-8,10-11H2,1H3,(H,21,23). The number of morpholine rings is 1. The third-order valence-corrected chi connectivity index (χ3v) is 6.10. The first kappa shape index (κ1) is 20.5. The van der Waals surface area contributed by atoms with Gasteiger partial charge < -0.3 is 14.8 Å². The highest BCUT2D eigenvalue weighted by Gasteiger charge is 2.31. The van der Waals surface area contributed by atoms with Gasteiger partial charge in [-0.2, -0.15) is 4.31 Å². The predicted molar refractivity (Wildman–Crippen MR) is 102 cm³/mol. The molecule has 0 saturated carbocycles. The van der Waals surface area contributed by atoms with Crippen molar-refractivity contribution in [2.45, 2.75) is 17.9 Å². The lowest BCUT2D eigenvalue weighted by Crippen LogP contribution is -2.47. The number of sulfonamides is 1. The quantitative estimate of drug-likeness (QED) is 0.746. The molecule has 9 nitrogen and oxygen atoms in total. The average Bonchev–Trinajstić information content (AvgIpc) is 2.68. The van der Waals surface area contributed by atoms with Gasteiger partial charge in [-0.25, -0.2) is 18.4 Å². The maximum atomic E-state index is 13.0. The summed E-state index contributed by atoms with van der Waals surface area (Å²) in [6, 6.07) is 6.06. The van der Waals surface area contributed by atoms with Crippen LogP contribution < -0.4 is 10.1 Å². The fourth-order valence-corrected chi connectivity index (χ4v) is 4.41. The molecule has 0 spiro atoms. The van der Waals surface area contributed by atoms with Gasteiger partial charge in [-0.05, 0) is 24.3 Å². The van der Waals surface area contributed by atoms with Crippen LogP contribution in [0.25, 0.3) is 0 Å². The lowest BCUT2D eigenvalue weighted by molar-refractivity contribution is -0.114. The largest absolute Gasteiger partial charge is 0.461 e. The number of halogens is 1. The van der Waals surface area contributed by atoms with Crippen LogP contribution in [0.3, 0.4) is 0 Å². The van der Waals surface area contributed by atoms with Gasteiger partial charge >= 0.3 is 6.01 Å². The van der Waals surface area contributed by atoms with Gasteiger partial charge in [-0.15, -0.1) is 0 Å². The van der Waals surface area contributed by atoms with E-state index in [1.807, 2.05) is 0 Å². The minimum Gasteiger partial charge on any atom is -0.461 e. The molecule has 1 atom stereocenters. The Morgan fingerprint density at radius 3 is 2.82 bits per heavy atom. The van der Waals surface area contributed by atoms with Crippen molar-refractivity contribution in [1.82, 2.24) is 14.3 Å². The molecule has 1 aliphatic rings. The van der Waals surface area contributed by atoms with Crippen molar-refractivity contribution in [2.75, 3.05) is 31.6 Å². The summed E-state index contributed by atoms with van der Waals surface area (Å²) in [6.07, 6.45) is 2.64. The van der Waals surface area contributed by atoms with E-state index in [4.69, 9.17) is 21.1 Å². The number of nitrogens with one attached hydrogen (secondary N) is 1. The van der Waals surface area contributed by atoms with E-state index < -0.39 is 16.1 Å². The van der Waals surface area contributed by atoms with E-state index in [0.717, 1.165) is 0 Å². The Hall–Kier alpha value is -2.27. The van der Waals surface area contributed by atoms with Gasteiger partial charge in [0.1, 0.15) is 12.7 Å². The van der Waals surface area contributed by atoms with Gasteiger partial charge in [0.15, 0.2) is 0 Å². The molecule has 1 unspecified atom stereocenters. The minimum absolute atomic E-state index is 0.0413. The molecule has 0 aliphatic carbocycles. The van der Waals surface area contributed by atoms with Gasteiger partial charge in [0.05, 0.1) is 22.2 Å². The van der Waals surface area contributed by atoms with Gasteiger partial charge in [0.2, 0.25) is 15.9 Å². The molecule has 11 heteroatoms. The van der Waals surface area contributed by atoms with Crippen molar-refractivity contribution in [1.29, 1.82) is 0 Å². The van der Waals surface area contributed by atoms with Crippen molar-refractivity contribution in [3.05, 3.63) is 41.7 Å². The van der Waals surface area contributed by atoms with Crippen LogP contribution in [-0.4, -0.2) is 61.0 Å². The average molecular weight is 427 g/mol. The Bertz CT molecular complexity index is 942. The van der Waals surface area contributed by atoms with Crippen LogP contribution >= 0.6 is 11.6 Å². The molecule has 0 radical (unpaired) electrons. The third-order valence-electron chi connectivity index (χ3n) is 3.93. The van der Waals surface area contributed by atoms with Gasteiger partial charge in [0, 0.05) is 32.4 Å². The van der Waals surface area contributed by atoms with E-state index in [-0.39, 0.29) is 48.1 Å². The number of rotatable bonds is 6. The fraction of sp³-hybridized carbons (Fsp3) is 0.353. The number of carbonyl (C=O) groups is 1. The summed E-state index contributed by atoms with van der Waals surface area (Å²) in [5, 5.41) is 2.69. The summed E-state index contributed by atoms with van der Waals surface area (Å²) >= 11 is 6.11.